The first-order valence-electron chi connectivity index (χ1n) is 7.27. The van der Waals surface area contributed by atoms with Crippen LogP contribution in [0.1, 0.15) is 54.2 Å². The van der Waals surface area contributed by atoms with Crippen molar-refractivity contribution in [3.63, 3.8) is 0 Å². The molecule has 1 aromatic carbocycles. The normalized spacial score (nSPS) is 12.4. The minimum absolute atomic E-state index is 0.289. The molecule has 0 saturated carbocycles. The van der Waals surface area contributed by atoms with Gasteiger partial charge < -0.3 is 4.74 Å². The topological polar surface area (TPSA) is 55.0 Å². The molecule has 0 fully saturated rings. The molecule has 0 radical (unpaired) electrons. The van der Waals surface area contributed by atoms with Crippen LogP contribution in [-0.4, -0.2) is 16.2 Å². The van der Waals surface area contributed by atoms with E-state index in [-0.39, 0.29) is 6.10 Å². The quantitative estimate of drug-likeness (QED) is 0.850. The maximum absolute atomic E-state index is 12.1. The van der Waals surface area contributed by atoms with Crippen LogP contribution in [0.5, 0.6) is 0 Å². The Bertz CT molecular complexity index is 617. The standard InChI is InChI=1S/C17H22N2O2/c1-11(2)8-15-10-16(19-18-15)17(20)21-13(4)14-7-5-6-12(3)9-14/h5-7,9-11,13H,8H2,1-4H3,(H,18,19)/t13-/m0/s1. The first-order chi connectivity index (χ1) is 9.95. The van der Waals surface area contributed by atoms with E-state index < -0.39 is 5.97 Å². The van der Waals surface area contributed by atoms with Gasteiger partial charge in [-0.15, -0.1) is 0 Å². The van der Waals surface area contributed by atoms with Gasteiger partial charge in [0, 0.05) is 5.69 Å². The van der Waals surface area contributed by atoms with Gasteiger partial charge in [-0.3, -0.25) is 5.10 Å². The summed E-state index contributed by atoms with van der Waals surface area (Å²) in [6.07, 6.45) is 0.580. The summed E-state index contributed by atoms with van der Waals surface area (Å²) in [6, 6.07) is 9.73. The van der Waals surface area contributed by atoms with Gasteiger partial charge >= 0.3 is 5.97 Å². The van der Waals surface area contributed by atoms with Gasteiger partial charge in [-0.05, 0) is 37.8 Å². The number of ether oxygens (including phenoxy) is 1. The molecule has 112 valence electrons. The van der Waals surface area contributed by atoms with Crippen molar-refractivity contribution in [2.45, 2.75) is 40.2 Å². The number of hydrogen-bond acceptors (Lipinski definition) is 3. The summed E-state index contributed by atoms with van der Waals surface area (Å²) >= 11 is 0. The van der Waals surface area contributed by atoms with E-state index in [1.165, 1.54) is 0 Å². The van der Waals surface area contributed by atoms with E-state index in [9.17, 15) is 4.79 Å². The Kier molecular flexibility index (Phi) is 4.78. The first-order valence-corrected chi connectivity index (χ1v) is 7.27. The zero-order chi connectivity index (χ0) is 15.4. The second kappa shape index (κ2) is 6.57. The second-order valence-corrected chi connectivity index (χ2v) is 5.84. The summed E-state index contributed by atoms with van der Waals surface area (Å²) in [6.45, 7) is 8.13. The number of nitrogens with zero attached hydrogens (tertiary/aromatic N) is 1. The number of aromatic nitrogens is 2. The number of carbonyl (C=O) groups is 1. The molecule has 4 nitrogen and oxygen atoms in total. The number of benzene rings is 1. The Balaban J connectivity index is 2.02. The molecule has 0 spiro atoms. The number of hydrogen-bond donors (Lipinski definition) is 1. The molecule has 0 amide bonds. The molecule has 0 saturated heterocycles. The molecule has 1 aromatic heterocycles. The van der Waals surface area contributed by atoms with Crippen molar-refractivity contribution >= 4 is 5.97 Å². The summed E-state index contributed by atoms with van der Waals surface area (Å²) in [5.74, 6) is 0.121. The summed E-state index contributed by atoms with van der Waals surface area (Å²) in [5.41, 5.74) is 3.43. The second-order valence-electron chi connectivity index (χ2n) is 5.84. The van der Waals surface area contributed by atoms with E-state index in [0.717, 1.165) is 23.2 Å². The van der Waals surface area contributed by atoms with Crippen LogP contribution in [0.4, 0.5) is 0 Å². The van der Waals surface area contributed by atoms with Crippen LogP contribution in [0.3, 0.4) is 0 Å². The van der Waals surface area contributed by atoms with Crippen LogP contribution in [-0.2, 0) is 11.2 Å². The smallest absolute Gasteiger partial charge is 0.359 e. The monoisotopic (exact) mass is 286 g/mol. The number of aromatic amines is 1. The van der Waals surface area contributed by atoms with Crippen molar-refractivity contribution in [1.29, 1.82) is 0 Å². The molecule has 1 heterocycles. The highest BCUT2D eigenvalue weighted by molar-refractivity contribution is 5.87. The molecule has 0 aliphatic carbocycles. The molecular formula is C17H22N2O2. The number of carbonyl (C=O) groups excluding carboxylic acids is 1. The highest BCUT2D eigenvalue weighted by Crippen LogP contribution is 2.19. The third-order valence-electron chi connectivity index (χ3n) is 3.26. The van der Waals surface area contributed by atoms with E-state index >= 15 is 0 Å². The van der Waals surface area contributed by atoms with Gasteiger partial charge in [-0.1, -0.05) is 43.7 Å². The average Bonchev–Trinajstić information content (AvgIpc) is 2.86. The fraction of sp³-hybridized carbons (Fsp3) is 0.412. The lowest BCUT2D eigenvalue weighted by molar-refractivity contribution is 0.0330. The number of H-pyrrole nitrogens is 1. The Morgan fingerprint density at radius 2 is 2.05 bits per heavy atom. The van der Waals surface area contributed by atoms with Crippen LogP contribution in [0.25, 0.3) is 0 Å². The fourth-order valence-corrected chi connectivity index (χ4v) is 2.22. The minimum atomic E-state index is -0.393. The predicted molar refractivity (Wildman–Crippen MR) is 82.1 cm³/mol. The molecule has 0 bridgehead atoms. The lowest BCUT2D eigenvalue weighted by Crippen LogP contribution is -2.09. The van der Waals surface area contributed by atoms with Crippen molar-refractivity contribution in [3.05, 3.63) is 52.8 Å². The van der Waals surface area contributed by atoms with Crippen LogP contribution in [0.15, 0.2) is 30.3 Å². The van der Waals surface area contributed by atoms with Gasteiger partial charge in [0.25, 0.3) is 0 Å². The van der Waals surface area contributed by atoms with Crippen LogP contribution in [0.2, 0.25) is 0 Å². The number of aryl methyl sites for hydroxylation is 1. The molecule has 4 heteroatoms. The third-order valence-corrected chi connectivity index (χ3v) is 3.26. The lowest BCUT2D eigenvalue weighted by atomic mass is 10.1. The Morgan fingerprint density at radius 1 is 1.29 bits per heavy atom. The zero-order valence-electron chi connectivity index (χ0n) is 13.0. The van der Waals surface area contributed by atoms with E-state index in [1.54, 1.807) is 6.07 Å². The minimum Gasteiger partial charge on any atom is -0.453 e. The molecule has 1 N–H and O–H groups in total. The van der Waals surface area contributed by atoms with E-state index in [4.69, 9.17) is 4.74 Å². The van der Waals surface area contributed by atoms with Gasteiger partial charge in [0.1, 0.15) is 6.10 Å². The average molecular weight is 286 g/mol. The van der Waals surface area contributed by atoms with E-state index in [2.05, 4.69) is 24.0 Å². The van der Waals surface area contributed by atoms with Crippen LogP contribution < -0.4 is 0 Å². The van der Waals surface area contributed by atoms with Crippen LogP contribution in [0, 0.1) is 12.8 Å². The van der Waals surface area contributed by atoms with Gasteiger partial charge in [0.2, 0.25) is 0 Å². The number of nitrogens with one attached hydrogen (secondary N) is 1. The molecular weight excluding hydrogens is 264 g/mol. The molecule has 2 aromatic rings. The Morgan fingerprint density at radius 3 is 2.71 bits per heavy atom. The number of esters is 1. The van der Waals surface area contributed by atoms with Crippen molar-refractivity contribution in [2.24, 2.45) is 5.92 Å². The van der Waals surface area contributed by atoms with Crippen molar-refractivity contribution in [1.82, 2.24) is 10.2 Å². The molecule has 21 heavy (non-hydrogen) atoms. The van der Waals surface area contributed by atoms with Gasteiger partial charge in [0.15, 0.2) is 5.69 Å². The van der Waals surface area contributed by atoms with Crippen molar-refractivity contribution < 1.29 is 9.53 Å². The van der Waals surface area contributed by atoms with Gasteiger partial charge in [0.05, 0.1) is 0 Å². The predicted octanol–water partition coefficient (Wildman–Crippen LogP) is 3.83. The van der Waals surface area contributed by atoms with Gasteiger partial charge in [-0.25, -0.2) is 4.79 Å². The zero-order valence-corrected chi connectivity index (χ0v) is 13.0. The largest absolute Gasteiger partial charge is 0.453 e. The fourth-order valence-electron chi connectivity index (χ4n) is 2.22. The highest BCUT2D eigenvalue weighted by Gasteiger charge is 2.17. The summed E-state index contributed by atoms with van der Waals surface area (Å²) < 4.78 is 5.47. The van der Waals surface area contributed by atoms with E-state index in [0.29, 0.717) is 11.6 Å². The molecule has 2 rings (SSSR count). The molecule has 0 aliphatic heterocycles. The summed E-state index contributed by atoms with van der Waals surface area (Å²) in [4.78, 5) is 12.1. The van der Waals surface area contributed by atoms with Crippen LogP contribution >= 0.6 is 0 Å². The first kappa shape index (κ1) is 15.3. The molecule has 0 aliphatic rings. The SMILES string of the molecule is Cc1cccc([C@H](C)OC(=O)c2cc(CC(C)C)[nH]n2)c1. The Hall–Kier alpha value is -2.10. The highest BCUT2D eigenvalue weighted by atomic mass is 16.5. The summed E-state index contributed by atoms with van der Waals surface area (Å²) in [7, 11) is 0. The molecule has 1 atom stereocenters. The van der Waals surface area contributed by atoms with Crippen molar-refractivity contribution in [2.75, 3.05) is 0 Å². The molecule has 0 unspecified atom stereocenters. The van der Waals surface area contributed by atoms with E-state index in [1.807, 2.05) is 38.1 Å². The third kappa shape index (κ3) is 4.18. The Labute approximate surface area is 125 Å². The number of rotatable bonds is 5. The lowest BCUT2D eigenvalue weighted by Gasteiger charge is -2.13. The van der Waals surface area contributed by atoms with Gasteiger partial charge in [-0.2, -0.15) is 5.10 Å². The summed E-state index contributed by atoms with van der Waals surface area (Å²) in [5, 5.41) is 6.92. The van der Waals surface area contributed by atoms with Crippen molar-refractivity contribution in [3.8, 4) is 0 Å². The maximum atomic E-state index is 12.1. The maximum Gasteiger partial charge on any atom is 0.359 e.